The highest BCUT2D eigenvalue weighted by Gasteiger charge is 2.24. The molecule has 1 aromatic heterocycles. The zero-order chi connectivity index (χ0) is 22.1. The molecule has 30 heavy (non-hydrogen) atoms. The Morgan fingerprint density at radius 1 is 1.17 bits per heavy atom. The number of hydrogen-bond donors (Lipinski definition) is 1. The fourth-order valence-electron chi connectivity index (χ4n) is 2.96. The van der Waals surface area contributed by atoms with Crippen LogP contribution in [0.4, 0.5) is 5.69 Å². The van der Waals surface area contributed by atoms with Crippen LogP contribution in [0.5, 0.6) is 5.75 Å². The zero-order valence-electron chi connectivity index (χ0n) is 17.0. The van der Waals surface area contributed by atoms with Gasteiger partial charge in [0.2, 0.25) is 10.0 Å². The number of aromatic nitrogens is 2. The Labute approximate surface area is 173 Å². The number of nitrogens with zero attached hydrogens (tertiary/aromatic N) is 3. The molecule has 0 aliphatic carbocycles. The summed E-state index contributed by atoms with van der Waals surface area (Å²) in [5, 5.41) is 7.65. The number of benzene rings is 2. The minimum atomic E-state index is -3.80. The van der Waals surface area contributed by atoms with E-state index in [2.05, 4.69) is 10.4 Å². The zero-order valence-corrected chi connectivity index (χ0v) is 17.9. The van der Waals surface area contributed by atoms with Crippen molar-refractivity contribution in [2.75, 3.05) is 26.5 Å². The number of methoxy groups -OCH3 is 1. The summed E-state index contributed by atoms with van der Waals surface area (Å²) in [4.78, 5) is 25.4. The summed E-state index contributed by atoms with van der Waals surface area (Å²) in [5.74, 6) is -0.406. The van der Waals surface area contributed by atoms with Gasteiger partial charge < -0.3 is 10.1 Å². The molecule has 1 heterocycles. The van der Waals surface area contributed by atoms with Crippen molar-refractivity contribution in [2.45, 2.75) is 18.4 Å². The van der Waals surface area contributed by atoms with Gasteiger partial charge in [-0.25, -0.2) is 17.4 Å². The minimum absolute atomic E-state index is 0.0693. The number of carbonyl (C=O) groups is 1. The number of ether oxygens (including phenoxy) is 1. The Kier molecular flexibility index (Phi) is 5.90. The molecule has 0 saturated heterocycles. The molecule has 0 saturated carbocycles. The third kappa shape index (κ3) is 3.79. The Morgan fingerprint density at radius 3 is 2.43 bits per heavy atom. The van der Waals surface area contributed by atoms with E-state index < -0.39 is 15.9 Å². The molecule has 0 bridgehead atoms. The summed E-state index contributed by atoms with van der Waals surface area (Å²) >= 11 is 0. The molecule has 1 N–H and O–H groups in total. The highest BCUT2D eigenvalue weighted by molar-refractivity contribution is 7.89. The van der Waals surface area contributed by atoms with Gasteiger partial charge in [-0.2, -0.15) is 5.10 Å². The van der Waals surface area contributed by atoms with Gasteiger partial charge in [-0.3, -0.25) is 9.59 Å². The smallest absolute Gasteiger partial charge is 0.276 e. The quantitative estimate of drug-likeness (QED) is 0.640. The third-order valence-corrected chi connectivity index (χ3v) is 6.40. The van der Waals surface area contributed by atoms with Gasteiger partial charge in [0.05, 0.1) is 12.5 Å². The molecule has 10 heteroatoms. The lowest BCUT2D eigenvalue weighted by atomic mass is 10.1. The molecule has 158 valence electrons. The Balaban J connectivity index is 2.08. The molecule has 0 atom stereocenters. The first kappa shape index (κ1) is 21.5. The molecule has 0 unspecified atom stereocenters. The van der Waals surface area contributed by atoms with Gasteiger partial charge in [0.15, 0.2) is 5.69 Å². The molecular weight excluding hydrogens is 408 g/mol. The lowest BCUT2D eigenvalue weighted by Crippen LogP contribution is -2.27. The van der Waals surface area contributed by atoms with Gasteiger partial charge in [0.1, 0.15) is 10.6 Å². The molecule has 9 nitrogen and oxygen atoms in total. The van der Waals surface area contributed by atoms with Gasteiger partial charge in [-0.1, -0.05) is 18.2 Å². The normalized spacial score (nSPS) is 11.6. The SMILES string of the molecule is CCn1nc(C(=O)Nc2ccc(OC)c(S(=O)(=O)N(C)C)c2)c2ccccc2c1=O. The second-order valence-electron chi connectivity index (χ2n) is 6.62. The fourth-order valence-corrected chi connectivity index (χ4v) is 4.04. The Morgan fingerprint density at radius 2 is 1.83 bits per heavy atom. The lowest BCUT2D eigenvalue weighted by Gasteiger charge is -2.16. The van der Waals surface area contributed by atoms with E-state index in [0.29, 0.717) is 17.3 Å². The van der Waals surface area contributed by atoms with E-state index in [0.717, 1.165) is 4.31 Å². The molecule has 0 aliphatic heterocycles. The van der Waals surface area contributed by atoms with Crippen molar-refractivity contribution < 1.29 is 17.9 Å². The highest BCUT2D eigenvalue weighted by atomic mass is 32.2. The van der Waals surface area contributed by atoms with Crippen LogP contribution in [0.1, 0.15) is 17.4 Å². The second kappa shape index (κ2) is 8.25. The van der Waals surface area contributed by atoms with Gasteiger partial charge in [0.25, 0.3) is 11.5 Å². The van der Waals surface area contributed by atoms with E-state index in [4.69, 9.17) is 4.74 Å². The maximum Gasteiger partial charge on any atom is 0.276 e. The van der Waals surface area contributed by atoms with Crippen LogP contribution in [0.2, 0.25) is 0 Å². The summed E-state index contributed by atoms with van der Waals surface area (Å²) in [6, 6.07) is 11.0. The molecule has 1 amide bonds. The first-order valence-corrected chi connectivity index (χ1v) is 10.6. The number of hydrogen-bond acceptors (Lipinski definition) is 6. The summed E-state index contributed by atoms with van der Waals surface area (Å²) in [6.45, 7) is 2.06. The van der Waals surface area contributed by atoms with Crippen molar-refractivity contribution in [1.29, 1.82) is 0 Å². The predicted molar refractivity (Wildman–Crippen MR) is 113 cm³/mol. The van der Waals surface area contributed by atoms with E-state index in [1.54, 1.807) is 31.2 Å². The van der Waals surface area contributed by atoms with Crippen molar-refractivity contribution in [3.63, 3.8) is 0 Å². The van der Waals surface area contributed by atoms with Gasteiger partial charge >= 0.3 is 0 Å². The largest absolute Gasteiger partial charge is 0.495 e. The van der Waals surface area contributed by atoms with Crippen molar-refractivity contribution >= 4 is 32.4 Å². The molecule has 0 spiro atoms. The number of aryl methyl sites for hydroxylation is 1. The second-order valence-corrected chi connectivity index (χ2v) is 8.74. The van der Waals surface area contributed by atoms with E-state index in [1.165, 1.54) is 44.1 Å². The number of nitrogens with one attached hydrogen (secondary N) is 1. The van der Waals surface area contributed by atoms with Gasteiger partial charge in [-0.15, -0.1) is 0 Å². The molecule has 2 aromatic carbocycles. The van der Waals surface area contributed by atoms with Crippen LogP contribution in [0.25, 0.3) is 10.8 Å². The number of sulfonamides is 1. The van der Waals surface area contributed by atoms with Crippen LogP contribution in [-0.4, -0.2) is 49.6 Å². The topological polar surface area (TPSA) is 111 Å². The van der Waals surface area contributed by atoms with Crippen molar-refractivity contribution in [2.24, 2.45) is 0 Å². The van der Waals surface area contributed by atoms with E-state index >= 15 is 0 Å². The van der Waals surface area contributed by atoms with E-state index in [9.17, 15) is 18.0 Å². The molecule has 0 fully saturated rings. The Hall–Kier alpha value is -3.24. The monoisotopic (exact) mass is 430 g/mol. The van der Waals surface area contributed by atoms with E-state index in [1.807, 2.05) is 0 Å². The third-order valence-electron chi connectivity index (χ3n) is 4.56. The molecule has 0 radical (unpaired) electrons. The van der Waals surface area contributed by atoms with Crippen molar-refractivity contribution in [3.8, 4) is 5.75 Å². The lowest BCUT2D eigenvalue weighted by molar-refractivity contribution is 0.102. The predicted octanol–water partition coefficient (Wildman–Crippen LogP) is 1.93. The first-order valence-electron chi connectivity index (χ1n) is 9.12. The average molecular weight is 430 g/mol. The fraction of sp³-hybridized carbons (Fsp3) is 0.250. The Bertz CT molecular complexity index is 1280. The molecule has 3 rings (SSSR count). The van der Waals surface area contributed by atoms with Crippen LogP contribution in [0.3, 0.4) is 0 Å². The first-order chi connectivity index (χ1) is 14.2. The summed E-state index contributed by atoms with van der Waals surface area (Å²) in [5.41, 5.74) is 0.0368. The number of anilines is 1. The number of rotatable bonds is 6. The van der Waals surface area contributed by atoms with Crippen LogP contribution in [-0.2, 0) is 16.6 Å². The molecule has 0 aliphatic rings. The summed E-state index contributed by atoms with van der Waals surface area (Å²) in [6.07, 6.45) is 0. The van der Waals surface area contributed by atoms with Crippen molar-refractivity contribution in [1.82, 2.24) is 14.1 Å². The highest BCUT2D eigenvalue weighted by Crippen LogP contribution is 2.29. The van der Waals surface area contributed by atoms with Crippen LogP contribution in [0.15, 0.2) is 52.2 Å². The number of carbonyl (C=O) groups excluding carboxylic acids is 1. The number of fused-ring (bicyclic) bond motifs is 1. The van der Waals surface area contributed by atoms with Crippen molar-refractivity contribution in [3.05, 3.63) is 58.5 Å². The van der Waals surface area contributed by atoms with Crippen LogP contribution >= 0.6 is 0 Å². The van der Waals surface area contributed by atoms with Gasteiger partial charge in [0, 0.05) is 31.7 Å². The standard InChI is InChI=1S/C20H22N4O5S/c1-5-24-20(26)15-9-7-6-8-14(15)18(22-24)19(25)21-13-10-11-16(29-4)17(12-13)30(27,28)23(2)3/h6-12H,5H2,1-4H3,(H,21,25). The minimum Gasteiger partial charge on any atom is -0.495 e. The average Bonchev–Trinajstić information content (AvgIpc) is 2.74. The maximum absolute atomic E-state index is 13.0. The summed E-state index contributed by atoms with van der Waals surface area (Å²) in [7, 11) is 0.383. The molecule has 3 aromatic rings. The van der Waals surface area contributed by atoms with Crippen LogP contribution < -0.4 is 15.6 Å². The maximum atomic E-state index is 13.0. The van der Waals surface area contributed by atoms with Gasteiger partial charge in [-0.05, 0) is 31.2 Å². The van der Waals surface area contributed by atoms with Crippen LogP contribution in [0, 0.1) is 0 Å². The van der Waals surface area contributed by atoms with E-state index in [-0.39, 0.29) is 27.6 Å². The molecular formula is C20H22N4O5S. The summed E-state index contributed by atoms with van der Waals surface area (Å²) < 4.78 is 32.6. The number of amides is 1.